The highest BCUT2D eigenvalue weighted by molar-refractivity contribution is 5.46. The van der Waals surface area contributed by atoms with Crippen LogP contribution in [0, 0.1) is 0 Å². The molecule has 21 heavy (non-hydrogen) atoms. The normalized spacial score (nSPS) is 12.2. The Bertz CT molecular complexity index is 577. The summed E-state index contributed by atoms with van der Waals surface area (Å²) in [5.41, 5.74) is 2.20. The van der Waals surface area contributed by atoms with Gasteiger partial charge in [0.25, 0.3) is 0 Å². The van der Waals surface area contributed by atoms with Crippen molar-refractivity contribution in [2.45, 2.75) is 26.3 Å². The van der Waals surface area contributed by atoms with Gasteiger partial charge in [-0.3, -0.25) is 0 Å². The third-order valence-corrected chi connectivity index (χ3v) is 3.57. The van der Waals surface area contributed by atoms with Crippen LogP contribution in [0.5, 0.6) is 11.5 Å². The van der Waals surface area contributed by atoms with Crippen molar-refractivity contribution < 1.29 is 13.9 Å². The van der Waals surface area contributed by atoms with Crippen molar-refractivity contribution in [2.24, 2.45) is 0 Å². The first-order valence-corrected chi connectivity index (χ1v) is 7.26. The standard InChI is InChI=1S/C17H23NO3/c1-5-15-13(9-10-21-15)17(18-6-2)14-11-12(19-3)7-8-16(14)20-4/h7-11,17-18H,5-6H2,1-4H3. The van der Waals surface area contributed by atoms with Crippen molar-refractivity contribution in [3.63, 3.8) is 0 Å². The average molecular weight is 289 g/mol. The van der Waals surface area contributed by atoms with Gasteiger partial charge in [-0.15, -0.1) is 0 Å². The molecular weight excluding hydrogens is 266 g/mol. The SMILES string of the molecule is CCNC(c1cc(OC)ccc1OC)c1ccoc1CC. The van der Waals surface area contributed by atoms with Gasteiger partial charge in [-0.05, 0) is 30.8 Å². The largest absolute Gasteiger partial charge is 0.497 e. The molecule has 0 radical (unpaired) electrons. The Labute approximate surface area is 126 Å². The summed E-state index contributed by atoms with van der Waals surface area (Å²) in [7, 11) is 3.35. The second-order valence-corrected chi connectivity index (χ2v) is 4.75. The minimum absolute atomic E-state index is 0.0220. The lowest BCUT2D eigenvalue weighted by molar-refractivity contribution is 0.393. The van der Waals surface area contributed by atoms with E-state index in [1.807, 2.05) is 24.3 Å². The van der Waals surface area contributed by atoms with Gasteiger partial charge in [-0.1, -0.05) is 13.8 Å². The molecule has 0 aliphatic rings. The molecule has 1 heterocycles. The van der Waals surface area contributed by atoms with Gasteiger partial charge in [-0.25, -0.2) is 0 Å². The molecule has 0 saturated carbocycles. The van der Waals surface area contributed by atoms with Crippen LogP contribution in [0.4, 0.5) is 0 Å². The van der Waals surface area contributed by atoms with Gasteiger partial charge in [0.05, 0.1) is 26.5 Å². The minimum atomic E-state index is 0.0220. The van der Waals surface area contributed by atoms with Crippen LogP contribution in [0.25, 0.3) is 0 Å². The van der Waals surface area contributed by atoms with Crippen molar-refractivity contribution >= 4 is 0 Å². The first-order chi connectivity index (χ1) is 10.2. The average Bonchev–Trinajstić information content (AvgIpc) is 3.00. The van der Waals surface area contributed by atoms with E-state index in [1.54, 1.807) is 20.5 Å². The zero-order chi connectivity index (χ0) is 15.2. The molecule has 1 aromatic carbocycles. The Morgan fingerprint density at radius 1 is 1.10 bits per heavy atom. The predicted molar refractivity (Wildman–Crippen MR) is 83.2 cm³/mol. The number of nitrogens with one attached hydrogen (secondary N) is 1. The van der Waals surface area contributed by atoms with Gasteiger partial charge in [0.1, 0.15) is 17.3 Å². The Kier molecular flexibility index (Phi) is 5.28. The molecule has 1 N–H and O–H groups in total. The summed E-state index contributed by atoms with van der Waals surface area (Å²) in [5.74, 6) is 2.64. The fourth-order valence-electron chi connectivity index (χ4n) is 2.55. The van der Waals surface area contributed by atoms with E-state index in [0.717, 1.165) is 41.4 Å². The van der Waals surface area contributed by atoms with Crippen molar-refractivity contribution in [3.05, 3.63) is 47.4 Å². The molecule has 0 bridgehead atoms. The molecule has 114 valence electrons. The van der Waals surface area contributed by atoms with Gasteiger partial charge in [-0.2, -0.15) is 0 Å². The smallest absolute Gasteiger partial charge is 0.124 e. The van der Waals surface area contributed by atoms with Crippen LogP contribution in [0.15, 0.2) is 34.9 Å². The third kappa shape index (κ3) is 3.22. The van der Waals surface area contributed by atoms with Crippen LogP contribution in [0.2, 0.25) is 0 Å². The molecule has 0 saturated heterocycles. The summed E-state index contributed by atoms with van der Waals surface area (Å²) in [5, 5.41) is 3.51. The molecule has 1 aromatic heterocycles. The summed E-state index contributed by atoms with van der Waals surface area (Å²) < 4.78 is 16.4. The van der Waals surface area contributed by atoms with Gasteiger partial charge in [0, 0.05) is 17.5 Å². The first kappa shape index (κ1) is 15.4. The van der Waals surface area contributed by atoms with E-state index in [2.05, 4.69) is 19.2 Å². The van der Waals surface area contributed by atoms with E-state index in [9.17, 15) is 0 Å². The lowest BCUT2D eigenvalue weighted by atomic mass is 9.97. The Morgan fingerprint density at radius 3 is 2.52 bits per heavy atom. The molecule has 0 aliphatic heterocycles. The van der Waals surface area contributed by atoms with Crippen LogP contribution in [0.1, 0.15) is 36.8 Å². The maximum atomic E-state index is 5.58. The summed E-state index contributed by atoms with van der Waals surface area (Å²) in [6.07, 6.45) is 2.60. The Morgan fingerprint density at radius 2 is 1.90 bits per heavy atom. The second-order valence-electron chi connectivity index (χ2n) is 4.75. The number of hydrogen-bond acceptors (Lipinski definition) is 4. The topological polar surface area (TPSA) is 43.6 Å². The van der Waals surface area contributed by atoms with E-state index in [-0.39, 0.29) is 6.04 Å². The number of rotatable bonds is 7. The molecule has 4 heteroatoms. The second kappa shape index (κ2) is 7.18. The van der Waals surface area contributed by atoms with Crippen LogP contribution in [0.3, 0.4) is 0 Å². The van der Waals surface area contributed by atoms with Crippen LogP contribution < -0.4 is 14.8 Å². The van der Waals surface area contributed by atoms with Gasteiger partial charge in [0.15, 0.2) is 0 Å². The number of hydrogen-bond donors (Lipinski definition) is 1. The molecule has 1 atom stereocenters. The zero-order valence-electron chi connectivity index (χ0n) is 13.1. The van der Waals surface area contributed by atoms with E-state index >= 15 is 0 Å². The third-order valence-electron chi connectivity index (χ3n) is 3.57. The summed E-state index contributed by atoms with van der Waals surface area (Å²) in [4.78, 5) is 0. The predicted octanol–water partition coefficient (Wildman–Crippen LogP) is 3.56. The summed E-state index contributed by atoms with van der Waals surface area (Å²) in [6.45, 7) is 5.03. The van der Waals surface area contributed by atoms with E-state index in [4.69, 9.17) is 13.9 Å². The Balaban J connectivity index is 2.51. The number of benzene rings is 1. The monoisotopic (exact) mass is 289 g/mol. The lowest BCUT2D eigenvalue weighted by Crippen LogP contribution is -2.23. The van der Waals surface area contributed by atoms with Gasteiger partial charge < -0.3 is 19.2 Å². The van der Waals surface area contributed by atoms with Crippen LogP contribution in [-0.2, 0) is 6.42 Å². The van der Waals surface area contributed by atoms with Crippen LogP contribution >= 0.6 is 0 Å². The van der Waals surface area contributed by atoms with Crippen LogP contribution in [-0.4, -0.2) is 20.8 Å². The van der Waals surface area contributed by atoms with Crippen molar-refractivity contribution in [1.82, 2.24) is 5.32 Å². The molecule has 1 unspecified atom stereocenters. The van der Waals surface area contributed by atoms with Crippen molar-refractivity contribution in [2.75, 3.05) is 20.8 Å². The fraction of sp³-hybridized carbons (Fsp3) is 0.412. The molecule has 4 nitrogen and oxygen atoms in total. The van der Waals surface area contributed by atoms with Crippen molar-refractivity contribution in [3.8, 4) is 11.5 Å². The minimum Gasteiger partial charge on any atom is -0.497 e. The number of furan rings is 1. The molecule has 0 aliphatic carbocycles. The fourth-order valence-corrected chi connectivity index (χ4v) is 2.55. The molecule has 0 spiro atoms. The highest BCUT2D eigenvalue weighted by Crippen LogP contribution is 2.35. The molecule has 0 amide bonds. The maximum Gasteiger partial charge on any atom is 0.124 e. The number of aryl methyl sites for hydroxylation is 1. The first-order valence-electron chi connectivity index (χ1n) is 7.26. The number of methoxy groups -OCH3 is 2. The summed E-state index contributed by atoms with van der Waals surface area (Å²) >= 11 is 0. The van der Waals surface area contributed by atoms with E-state index < -0.39 is 0 Å². The summed E-state index contributed by atoms with van der Waals surface area (Å²) in [6, 6.07) is 7.89. The zero-order valence-corrected chi connectivity index (χ0v) is 13.1. The molecular formula is C17H23NO3. The quantitative estimate of drug-likeness (QED) is 0.846. The molecule has 0 fully saturated rings. The van der Waals surface area contributed by atoms with E-state index in [1.165, 1.54) is 0 Å². The highest BCUT2D eigenvalue weighted by atomic mass is 16.5. The molecule has 2 rings (SSSR count). The molecule has 2 aromatic rings. The van der Waals surface area contributed by atoms with Crippen molar-refractivity contribution in [1.29, 1.82) is 0 Å². The number of ether oxygens (including phenoxy) is 2. The highest BCUT2D eigenvalue weighted by Gasteiger charge is 2.22. The van der Waals surface area contributed by atoms with Gasteiger partial charge >= 0.3 is 0 Å². The maximum absolute atomic E-state index is 5.58. The van der Waals surface area contributed by atoms with E-state index in [0.29, 0.717) is 0 Å². The Hall–Kier alpha value is -1.94. The van der Waals surface area contributed by atoms with Gasteiger partial charge in [0.2, 0.25) is 0 Å². The lowest BCUT2D eigenvalue weighted by Gasteiger charge is -2.21.